The number of hydrogen-bond acceptors (Lipinski definition) is 2. The molecule has 3 aromatic carbocycles. The predicted molar refractivity (Wildman–Crippen MR) is 106 cm³/mol. The Balaban J connectivity index is 1.71. The molecule has 0 radical (unpaired) electrons. The van der Waals surface area contributed by atoms with Crippen LogP contribution in [0.3, 0.4) is 0 Å². The van der Waals surface area contributed by atoms with Crippen LogP contribution < -0.4 is 0 Å². The van der Waals surface area contributed by atoms with E-state index in [1.807, 2.05) is 42.5 Å². The first kappa shape index (κ1) is 13.7. The van der Waals surface area contributed by atoms with Gasteiger partial charge in [-0.3, -0.25) is 4.98 Å². The molecule has 0 bridgehead atoms. The number of para-hydroxylation sites is 1. The van der Waals surface area contributed by atoms with E-state index < -0.39 is 6.37 Å². The number of aromatic nitrogens is 1. The third kappa shape index (κ3) is 2.87. The fourth-order valence-corrected chi connectivity index (χ4v) is 3.32. The zero-order valence-electron chi connectivity index (χ0n) is 16.3. The van der Waals surface area contributed by atoms with Crippen LogP contribution in [0.15, 0.2) is 89.5 Å². The van der Waals surface area contributed by atoms with E-state index in [1.54, 1.807) is 24.3 Å². The number of pyridine rings is 1. The van der Waals surface area contributed by atoms with Crippen molar-refractivity contribution in [2.45, 2.75) is 6.37 Å². The maximum Gasteiger partial charge on any atom is 0.144 e. The van der Waals surface area contributed by atoms with Gasteiger partial charge < -0.3 is 4.42 Å². The molecule has 0 saturated heterocycles. The van der Waals surface area contributed by atoms with E-state index in [9.17, 15) is 4.39 Å². The Kier molecular flexibility index (Phi) is 3.23. The van der Waals surface area contributed by atoms with Crippen molar-refractivity contribution in [2.24, 2.45) is 0 Å². The van der Waals surface area contributed by atoms with Gasteiger partial charge in [-0.2, -0.15) is 0 Å². The molecule has 0 amide bonds. The Bertz CT molecular complexity index is 1350. The van der Waals surface area contributed by atoms with E-state index in [0.29, 0.717) is 33.6 Å². The summed E-state index contributed by atoms with van der Waals surface area (Å²) in [5.74, 6) is -0.360. The van der Waals surface area contributed by atoms with E-state index in [0.717, 1.165) is 10.8 Å². The van der Waals surface area contributed by atoms with Gasteiger partial charge in [-0.25, -0.2) is 4.39 Å². The predicted octanol–water partition coefficient (Wildman–Crippen LogP) is 6.38. The number of hydrogen-bond donors (Lipinski definition) is 0. The highest BCUT2D eigenvalue weighted by Crippen LogP contribution is 2.35. The fraction of sp³-hybridized carbons (Fsp3) is 0.0417. The second-order valence-electron chi connectivity index (χ2n) is 6.35. The van der Waals surface area contributed by atoms with Crippen LogP contribution >= 0.6 is 0 Å². The third-order valence-corrected chi connectivity index (χ3v) is 4.56. The summed E-state index contributed by atoms with van der Waals surface area (Å²) in [4.78, 5) is 4.27. The van der Waals surface area contributed by atoms with Crippen LogP contribution in [0.2, 0.25) is 0 Å². The molecular formula is C24H16FNO. The molecule has 0 N–H and O–H groups in total. The van der Waals surface area contributed by atoms with Crippen LogP contribution in [0.5, 0.6) is 0 Å². The number of nitrogens with zero attached hydrogens (tertiary/aromatic N) is 1. The van der Waals surface area contributed by atoms with Crippen LogP contribution in [-0.4, -0.2) is 4.98 Å². The Labute approximate surface area is 158 Å². The van der Waals surface area contributed by atoms with Crippen LogP contribution in [0, 0.1) is 5.82 Å². The van der Waals surface area contributed by atoms with Gasteiger partial charge in [0.2, 0.25) is 0 Å². The molecule has 0 spiro atoms. The summed E-state index contributed by atoms with van der Waals surface area (Å²) in [6, 6.07) is 22.8. The summed E-state index contributed by atoms with van der Waals surface area (Å²) in [6.07, 6.45) is -0.209. The highest BCUT2D eigenvalue weighted by atomic mass is 19.1. The highest BCUT2D eigenvalue weighted by Gasteiger charge is 2.13. The van der Waals surface area contributed by atoms with Crippen molar-refractivity contribution >= 4 is 21.9 Å². The van der Waals surface area contributed by atoms with Gasteiger partial charge in [0, 0.05) is 31.3 Å². The molecule has 0 aliphatic rings. The Hall–Kier alpha value is -3.46. The Morgan fingerprint density at radius 2 is 1.74 bits per heavy atom. The van der Waals surface area contributed by atoms with E-state index >= 15 is 0 Å². The van der Waals surface area contributed by atoms with Crippen molar-refractivity contribution in [3.8, 4) is 11.3 Å². The first-order valence-corrected chi connectivity index (χ1v) is 8.67. The molecule has 5 rings (SSSR count). The van der Waals surface area contributed by atoms with Gasteiger partial charge in [-0.1, -0.05) is 48.5 Å². The molecule has 2 heterocycles. The SMILES string of the molecule is [2H]C([2H])(c1ccccc1)c1ccc2oc3c(-c4cc(F)ccn4)cccc3c2c1. The Morgan fingerprint density at radius 3 is 2.59 bits per heavy atom. The van der Waals surface area contributed by atoms with Crippen LogP contribution in [0.25, 0.3) is 33.2 Å². The van der Waals surface area contributed by atoms with Crippen molar-refractivity contribution in [1.82, 2.24) is 4.98 Å². The molecule has 2 aromatic heterocycles. The van der Waals surface area contributed by atoms with Gasteiger partial charge in [0.15, 0.2) is 0 Å². The van der Waals surface area contributed by atoms with Crippen molar-refractivity contribution in [3.05, 3.63) is 102 Å². The summed E-state index contributed by atoms with van der Waals surface area (Å²) in [5, 5.41) is 1.66. The minimum absolute atomic E-state index is 0.360. The zero-order valence-corrected chi connectivity index (χ0v) is 14.3. The lowest BCUT2D eigenvalue weighted by atomic mass is 10.0. The molecular weight excluding hydrogens is 337 g/mol. The normalized spacial score (nSPS) is 12.9. The summed E-state index contributed by atoms with van der Waals surface area (Å²) in [5.41, 5.74) is 3.60. The monoisotopic (exact) mass is 355 g/mol. The molecule has 27 heavy (non-hydrogen) atoms. The first-order chi connectivity index (χ1) is 14.0. The summed E-state index contributed by atoms with van der Waals surface area (Å²) in [6.45, 7) is 0. The van der Waals surface area contributed by atoms with Gasteiger partial charge in [0.05, 0.1) is 5.69 Å². The maximum absolute atomic E-state index is 13.7. The molecule has 2 nitrogen and oxygen atoms in total. The molecule has 5 aromatic rings. The van der Waals surface area contributed by atoms with Crippen molar-refractivity contribution < 1.29 is 11.5 Å². The van der Waals surface area contributed by atoms with Gasteiger partial charge >= 0.3 is 0 Å². The van der Waals surface area contributed by atoms with Crippen LogP contribution in [0.4, 0.5) is 4.39 Å². The fourth-order valence-electron chi connectivity index (χ4n) is 3.32. The van der Waals surface area contributed by atoms with E-state index in [-0.39, 0.29) is 5.82 Å². The highest BCUT2D eigenvalue weighted by molar-refractivity contribution is 6.09. The lowest BCUT2D eigenvalue weighted by Gasteiger charge is -2.02. The quantitative estimate of drug-likeness (QED) is 0.375. The van der Waals surface area contributed by atoms with E-state index in [1.165, 1.54) is 18.3 Å². The van der Waals surface area contributed by atoms with Gasteiger partial charge in [0.25, 0.3) is 0 Å². The topological polar surface area (TPSA) is 26.0 Å². The van der Waals surface area contributed by atoms with E-state index in [2.05, 4.69) is 4.98 Å². The second-order valence-corrected chi connectivity index (χ2v) is 6.35. The van der Waals surface area contributed by atoms with Crippen LogP contribution in [0.1, 0.15) is 13.9 Å². The summed E-state index contributed by atoms with van der Waals surface area (Å²) in [7, 11) is 0. The van der Waals surface area contributed by atoms with Crippen LogP contribution in [-0.2, 0) is 6.37 Å². The molecule has 130 valence electrons. The number of rotatable bonds is 3. The van der Waals surface area contributed by atoms with E-state index in [4.69, 9.17) is 7.16 Å². The van der Waals surface area contributed by atoms with Crippen molar-refractivity contribution in [2.75, 3.05) is 0 Å². The molecule has 0 unspecified atom stereocenters. The third-order valence-electron chi connectivity index (χ3n) is 4.56. The minimum Gasteiger partial charge on any atom is -0.455 e. The molecule has 0 fully saturated rings. The molecule has 0 saturated carbocycles. The molecule has 0 aliphatic carbocycles. The number of fused-ring (bicyclic) bond motifs is 3. The number of benzene rings is 3. The largest absolute Gasteiger partial charge is 0.455 e. The van der Waals surface area contributed by atoms with Crippen molar-refractivity contribution in [1.29, 1.82) is 0 Å². The summed E-state index contributed by atoms with van der Waals surface area (Å²) < 4.78 is 37.0. The first-order valence-electron chi connectivity index (χ1n) is 9.67. The standard InChI is InChI=1S/C24H16FNO/c25-18-11-12-26-22(15-18)20-8-4-7-19-21-14-17(9-10-23(21)27-24(19)20)13-16-5-2-1-3-6-16/h1-12,14-15H,13H2/i13D2. The Morgan fingerprint density at radius 1 is 0.852 bits per heavy atom. The van der Waals surface area contributed by atoms with Crippen molar-refractivity contribution in [3.63, 3.8) is 0 Å². The van der Waals surface area contributed by atoms with Gasteiger partial charge in [-0.15, -0.1) is 0 Å². The zero-order chi connectivity index (χ0) is 20.0. The second kappa shape index (κ2) is 6.36. The molecule has 0 atom stereocenters. The average molecular weight is 355 g/mol. The van der Waals surface area contributed by atoms with Gasteiger partial charge in [0.1, 0.15) is 17.0 Å². The maximum atomic E-state index is 13.7. The summed E-state index contributed by atoms with van der Waals surface area (Å²) >= 11 is 0. The lowest BCUT2D eigenvalue weighted by Crippen LogP contribution is -1.87. The molecule has 0 aliphatic heterocycles. The smallest absolute Gasteiger partial charge is 0.144 e. The number of halogens is 1. The lowest BCUT2D eigenvalue weighted by molar-refractivity contribution is 0.626. The average Bonchev–Trinajstić information content (AvgIpc) is 3.12. The minimum atomic E-state index is -1.64. The van der Waals surface area contributed by atoms with Gasteiger partial charge in [-0.05, 0) is 41.8 Å². The number of furan rings is 1. The molecule has 3 heteroatoms.